The second-order valence-electron chi connectivity index (χ2n) is 6.23. The zero-order chi connectivity index (χ0) is 20.5. The first kappa shape index (κ1) is 21.4. The molecule has 2 aromatic carbocycles. The highest BCUT2D eigenvalue weighted by atomic mass is 35.5. The molecule has 0 aromatic heterocycles. The number of anilines is 2. The number of carbonyl (C=O) groups excluding carboxylic acids is 3. The maximum absolute atomic E-state index is 12.0. The molecule has 2 amide bonds. The summed E-state index contributed by atoms with van der Waals surface area (Å²) in [7, 11) is 0. The van der Waals surface area contributed by atoms with Crippen LogP contribution in [0.25, 0.3) is 0 Å². The molecule has 0 bridgehead atoms. The van der Waals surface area contributed by atoms with Crippen LogP contribution in [0.15, 0.2) is 42.5 Å². The first-order chi connectivity index (χ1) is 13.4. The standard InChI is InChI=1S/C21H23ClN2O4/c1-3-15-6-4-5-7-18(15)24-19(25)10-11-21(27)28-13-20(26)23-16-9-8-14(2)17(22)12-16/h4-9,12H,3,10-11,13H2,1-2H3,(H,23,26)(H,24,25). The quantitative estimate of drug-likeness (QED) is 0.651. The fraction of sp³-hybridized carbons (Fsp3) is 0.286. The van der Waals surface area contributed by atoms with Gasteiger partial charge in [0.15, 0.2) is 6.61 Å². The van der Waals surface area contributed by atoms with Crippen LogP contribution in [-0.4, -0.2) is 24.4 Å². The Labute approximate surface area is 169 Å². The molecular weight excluding hydrogens is 380 g/mol. The van der Waals surface area contributed by atoms with Gasteiger partial charge in [0.05, 0.1) is 6.42 Å². The van der Waals surface area contributed by atoms with Crippen molar-refractivity contribution in [2.75, 3.05) is 17.2 Å². The topological polar surface area (TPSA) is 84.5 Å². The smallest absolute Gasteiger partial charge is 0.306 e. The van der Waals surface area contributed by atoms with Crippen LogP contribution >= 0.6 is 11.6 Å². The highest BCUT2D eigenvalue weighted by Crippen LogP contribution is 2.20. The van der Waals surface area contributed by atoms with E-state index >= 15 is 0 Å². The Balaban J connectivity index is 1.72. The Kier molecular flexibility index (Phi) is 8.02. The Morgan fingerprint density at radius 1 is 1.00 bits per heavy atom. The fourth-order valence-corrected chi connectivity index (χ4v) is 2.65. The molecule has 0 aliphatic heterocycles. The van der Waals surface area contributed by atoms with Gasteiger partial charge in [-0.25, -0.2) is 0 Å². The maximum atomic E-state index is 12.0. The van der Waals surface area contributed by atoms with Crippen molar-refractivity contribution < 1.29 is 19.1 Å². The summed E-state index contributed by atoms with van der Waals surface area (Å²) in [5.74, 6) is -1.37. The van der Waals surface area contributed by atoms with Crippen molar-refractivity contribution in [3.05, 3.63) is 58.6 Å². The Bertz CT molecular complexity index is 867. The Morgan fingerprint density at radius 2 is 1.75 bits per heavy atom. The molecule has 0 unspecified atom stereocenters. The number of benzene rings is 2. The normalized spacial score (nSPS) is 10.2. The average molecular weight is 403 g/mol. The van der Waals surface area contributed by atoms with E-state index in [1.54, 1.807) is 18.2 Å². The van der Waals surface area contributed by atoms with Crippen LogP contribution in [0.3, 0.4) is 0 Å². The number of hydrogen-bond acceptors (Lipinski definition) is 4. The Morgan fingerprint density at radius 3 is 2.46 bits per heavy atom. The fourth-order valence-electron chi connectivity index (χ4n) is 2.46. The zero-order valence-corrected chi connectivity index (χ0v) is 16.6. The van der Waals surface area contributed by atoms with Gasteiger partial charge in [-0.15, -0.1) is 0 Å². The number of ether oxygens (including phenoxy) is 1. The van der Waals surface area contributed by atoms with Crippen molar-refractivity contribution in [1.29, 1.82) is 0 Å². The lowest BCUT2D eigenvalue weighted by Gasteiger charge is -2.10. The second kappa shape index (κ2) is 10.5. The van der Waals surface area contributed by atoms with Crippen LogP contribution in [0.1, 0.15) is 30.9 Å². The predicted molar refractivity (Wildman–Crippen MR) is 109 cm³/mol. The minimum atomic E-state index is -0.615. The summed E-state index contributed by atoms with van der Waals surface area (Å²) in [6.07, 6.45) is 0.662. The Hall–Kier alpha value is -2.86. The van der Waals surface area contributed by atoms with Gasteiger partial charge in [-0.2, -0.15) is 0 Å². The highest BCUT2D eigenvalue weighted by molar-refractivity contribution is 6.31. The van der Waals surface area contributed by atoms with E-state index in [1.165, 1.54) is 0 Å². The molecule has 0 saturated heterocycles. The van der Waals surface area contributed by atoms with E-state index in [0.29, 0.717) is 10.7 Å². The number of nitrogens with one attached hydrogen (secondary N) is 2. The summed E-state index contributed by atoms with van der Waals surface area (Å²) in [6.45, 7) is 3.43. The summed E-state index contributed by atoms with van der Waals surface area (Å²) in [4.78, 5) is 35.6. The molecule has 2 N–H and O–H groups in total. The van der Waals surface area contributed by atoms with Crippen molar-refractivity contribution in [3.63, 3.8) is 0 Å². The van der Waals surface area contributed by atoms with Gasteiger partial charge < -0.3 is 15.4 Å². The largest absolute Gasteiger partial charge is 0.456 e. The lowest BCUT2D eigenvalue weighted by atomic mass is 10.1. The first-order valence-electron chi connectivity index (χ1n) is 8.98. The lowest BCUT2D eigenvalue weighted by molar-refractivity contribution is -0.147. The van der Waals surface area contributed by atoms with Gasteiger partial charge in [-0.3, -0.25) is 14.4 Å². The molecule has 6 nitrogen and oxygen atoms in total. The number of para-hydroxylation sites is 1. The maximum Gasteiger partial charge on any atom is 0.306 e. The van der Waals surface area contributed by atoms with Crippen LogP contribution in [-0.2, 0) is 25.5 Å². The minimum absolute atomic E-state index is 0.0218. The molecule has 0 saturated carbocycles. The SMILES string of the molecule is CCc1ccccc1NC(=O)CCC(=O)OCC(=O)Nc1ccc(C)c(Cl)c1. The summed E-state index contributed by atoms with van der Waals surface area (Å²) >= 11 is 6.00. The number of hydrogen-bond donors (Lipinski definition) is 2. The number of amides is 2. The van der Waals surface area contributed by atoms with Crippen molar-refractivity contribution in [1.82, 2.24) is 0 Å². The summed E-state index contributed by atoms with van der Waals surface area (Å²) in [6, 6.07) is 12.6. The summed E-state index contributed by atoms with van der Waals surface area (Å²) < 4.78 is 4.91. The van der Waals surface area contributed by atoms with E-state index in [2.05, 4.69) is 10.6 Å². The molecule has 2 rings (SSSR count). The van der Waals surface area contributed by atoms with Gasteiger partial charge in [0.25, 0.3) is 5.91 Å². The number of rotatable bonds is 8. The third-order valence-electron chi connectivity index (χ3n) is 4.05. The van der Waals surface area contributed by atoms with Crippen molar-refractivity contribution in [2.45, 2.75) is 33.1 Å². The van der Waals surface area contributed by atoms with Crippen LogP contribution in [0.4, 0.5) is 11.4 Å². The molecule has 0 radical (unpaired) electrons. The van der Waals surface area contributed by atoms with Gasteiger partial charge in [0.1, 0.15) is 0 Å². The van der Waals surface area contributed by atoms with E-state index in [4.69, 9.17) is 16.3 Å². The molecule has 28 heavy (non-hydrogen) atoms. The van der Waals surface area contributed by atoms with Gasteiger partial charge in [-0.1, -0.05) is 42.8 Å². The highest BCUT2D eigenvalue weighted by Gasteiger charge is 2.12. The lowest BCUT2D eigenvalue weighted by Crippen LogP contribution is -2.22. The van der Waals surface area contributed by atoms with Crippen LogP contribution < -0.4 is 10.6 Å². The third kappa shape index (κ3) is 6.70. The van der Waals surface area contributed by atoms with Crippen molar-refractivity contribution in [3.8, 4) is 0 Å². The summed E-state index contributed by atoms with van der Waals surface area (Å²) in [5, 5.41) is 5.91. The van der Waals surface area contributed by atoms with Crippen LogP contribution in [0.2, 0.25) is 5.02 Å². The number of esters is 1. The average Bonchev–Trinajstić information content (AvgIpc) is 2.68. The first-order valence-corrected chi connectivity index (χ1v) is 9.36. The third-order valence-corrected chi connectivity index (χ3v) is 4.46. The van der Waals surface area contributed by atoms with Gasteiger partial charge in [0.2, 0.25) is 5.91 Å². The van der Waals surface area contributed by atoms with Crippen LogP contribution in [0, 0.1) is 6.92 Å². The summed E-state index contributed by atoms with van der Waals surface area (Å²) in [5.41, 5.74) is 3.17. The molecule has 7 heteroatoms. The van der Waals surface area contributed by atoms with E-state index in [1.807, 2.05) is 38.1 Å². The second-order valence-corrected chi connectivity index (χ2v) is 6.64. The van der Waals surface area contributed by atoms with E-state index in [9.17, 15) is 14.4 Å². The van der Waals surface area contributed by atoms with Crippen molar-refractivity contribution >= 4 is 40.8 Å². The van der Waals surface area contributed by atoms with E-state index in [0.717, 1.165) is 23.2 Å². The van der Waals surface area contributed by atoms with E-state index in [-0.39, 0.29) is 18.7 Å². The monoisotopic (exact) mass is 402 g/mol. The van der Waals surface area contributed by atoms with Gasteiger partial charge >= 0.3 is 5.97 Å². The molecule has 0 aliphatic rings. The van der Waals surface area contributed by atoms with Crippen molar-refractivity contribution in [2.24, 2.45) is 0 Å². The predicted octanol–water partition coefficient (Wildman–Crippen LogP) is 4.11. The number of aryl methyl sites for hydroxylation is 2. The number of halogens is 1. The molecule has 0 heterocycles. The molecule has 0 atom stereocenters. The van der Waals surface area contributed by atoms with Crippen LogP contribution in [0.5, 0.6) is 0 Å². The number of carbonyl (C=O) groups is 3. The molecule has 2 aromatic rings. The minimum Gasteiger partial charge on any atom is -0.456 e. The molecule has 0 aliphatic carbocycles. The molecule has 148 valence electrons. The molecule has 0 spiro atoms. The molecule has 0 fully saturated rings. The van der Waals surface area contributed by atoms with Gasteiger partial charge in [0, 0.05) is 22.8 Å². The van der Waals surface area contributed by atoms with Gasteiger partial charge in [-0.05, 0) is 42.7 Å². The molecular formula is C21H23ClN2O4. The zero-order valence-electron chi connectivity index (χ0n) is 15.9. The van der Waals surface area contributed by atoms with E-state index < -0.39 is 18.5 Å².